The van der Waals surface area contributed by atoms with Crippen LogP contribution in [0, 0.1) is 0 Å². The molecule has 7 nitrogen and oxygen atoms in total. The number of benzene rings is 1. The van der Waals surface area contributed by atoms with Crippen molar-refractivity contribution in [3.63, 3.8) is 0 Å². The molecule has 0 saturated carbocycles. The van der Waals surface area contributed by atoms with Gasteiger partial charge in [-0.2, -0.15) is 0 Å². The van der Waals surface area contributed by atoms with E-state index in [1.54, 1.807) is 14.2 Å². The summed E-state index contributed by atoms with van der Waals surface area (Å²) < 4.78 is 21.3. The fraction of sp³-hybridized carbons (Fsp3) is 0.632. The van der Waals surface area contributed by atoms with E-state index in [0.717, 1.165) is 31.0 Å². The van der Waals surface area contributed by atoms with Gasteiger partial charge in [0.25, 0.3) is 0 Å². The highest BCUT2D eigenvalue weighted by Crippen LogP contribution is 2.36. The van der Waals surface area contributed by atoms with Gasteiger partial charge in [0.2, 0.25) is 0 Å². The molecule has 0 amide bonds. The van der Waals surface area contributed by atoms with E-state index in [9.17, 15) is 0 Å². The number of rotatable bonds is 13. The molecule has 28 heavy (non-hydrogen) atoms. The van der Waals surface area contributed by atoms with Crippen LogP contribution in [0.5, 0.6) is 11.5 Å². The number of hydrogen-bond acceptors (Lipinski definition) is 5. The Morgan fingerprint density at radius 3 is 2.54 bits per heavy atom. The maximum Gasteiger partial charge on any atom is 0.191 e. The van der Waals surface area contributed by atoms with Gasteiger partial charge in [0.15, 0.2) is 17.5 Å². The molecule has 0 fully saturated rings. The quantitative estimate of drug-likeness (QED) is 0.176. The van der Waals surface area contributed by atoms with E-state index in [0.29, 0.717) is 49.5 Å². The van der Waals surface area contributed by atoms with Gasteiger partial charge in [0.1, 0.15) is 0 Å². The topological polar surface area (TPSA) is 73.3 Å². The lowest BCUT2D eigenvalue weighted by Gasteiger charge is -2.14. The number of aliphatic imine (C=N–C) groups is 1. The Balaban J connectivity index is 0.00000729. The summed E-state index contributed by atoms with van der Waals surface area (Å²) in [5, 5.41) is 7.04. The Kier molecular flexibility index (Phi) is 16.4. The van der Waals surface area contributed by atoms with Crippen LogP contribution in [-0.2, 0) is 16.0 Å². The van der Waals surface area contributed by atoms with Gasteiger partial charge in [-0.15, -0.1) is 24.0 Å². The molecule has 162 valence electrons. The Labute approximate surface area is 190 Å². The minimum absolute atomic E-state index is 0. The van der Waals surface area contributed by atoms with Crippen molar-refractivity contribution in [2.24, 2.45) is 4.99 Å². The lowest BCUT2D eigenvalue weighted by molar-refractivity contribution is 0.0698. The standard InChI is InChI=1S/C19H32ClN3O4.HI/c1-5-21-19(22-8-7-9-26-11-10-24-3)23-14-15-12-16(20)18(27-6-2)17(13-15)25-4;/h12-13H,5-11,14H2,1-4H3,(H2,21,22,23);1H. The first-order chi connectivity index (χ1) is 13.2. The summed E-state index contributed by atoms with van der Waals surface area (Å²) in [7, 11) is 3.26. The highest BCUT2D eigenvalue weighted by Gasteiger charge is 2.11. The van der Waals surface area contributed by atoms with Gasteiger partial charge < -0.3 is 29.6 Å². The highest BCUT2D eigenvalue weighted by atomic mass is 127. The second-order valence-electron chi connectivity index (χ2n) is 5.62. The van der Waals surface area contributed by atoms with Gasteiger partial charge in [-0.05, 0) is 38.0 Å². The smallest absolute Gasteiger partial charge is 0.191 e. The molecule has 0 radical (unpaired) electrons. The maximum atomic E-state index is 6.32. The predicted octanol–water partition coefficient (Wildman–Crippen LogP) is 3.47. The Morgan fingerprint density at radius 2 is 1.89 bits per heavy atom. The zero-order chi connectivity index (χ0) is 19.9. The summed E-state index contributed by atoms with van der Waals surface area (Å²) >= 11 is 6.32. The number of hydrogen-bond donors (Lipinski definition) is 2. The van der Waals surface area contributed by atoms with E-state index in [4.69, 9.17) is 30.5 Å². The summed E-state index contributed by atoms with van der Waals surface area (Å²) in [6, 6.07) is 3.75. The predicted molar refractivity (Wildman–Crippen MR) is 125 cm³/mol. The number of nitrogens with zero attached hydrogens (tertiary/aromatic N) is 1. The molecule has 0 unspecified atom stereocenters. The first-order valence-corrected chi connectivity index (χ1v) is 9.62. The zero-order valence-electron chi connectivity index (χ0n) is 17.2. The second-order valence-corrected chi connectivity index (χ2v) is 6.03. The summed E-state index contributed by atoms with van der Waals surface area (Å²) in [4.78, 5) is 4.60. The summed E-state index contributed by atoms with van der Waals surface area (Å²) in [6.45, 7) is 8.40. The number of nitrogens with one attached hydrogen (secondary N) is 2. The Hall–Kier alpha value is -0.970. The van der Waals surface area contributed by atoms with Crippen LogP contribution in [-0.4, -0.2) is 59.7 Å². The van der Waals surface area contributed by atoms with Crippen LogP contribution in [0.4, 0.5) is 0 Å². The molecule has 0 atom stereocenters. The monoisotopic (exact) mass is 529 g/mol. The molecule has 0 bridgehead atoms. The van der Waals surface area contributed by atoms with Gasteiger partial charge in [-0.25, -0.2) is 4.99 Å². The third kappa shape index (κ3) is 10.5. The molecule has 1 rings (SSSR count). The summed E-state index contributed by atoms with van der Waals surface area (Å²) in [5.41, 5.74) is 0.945. The average Bonchev–Trinajstić information content (AvgIpc) is 2.67. The van der Waals surface area contributed by atoms with E-state index in [1.807, 2.05) is 26.0 Å². The van der Waals surface area contributed by atoms with E-state index < -0.39 is 0 Å². The van der Waals surface area contributed by atoms with Crippen LogP contribution < -0.4 is 20.1 Å². The molecular weight excluding hydrogens is 497 g/mol. The number of ether oxygens (including phenoxy) is 4. The fourth-order valence-corrected chi connectivity index (χ4v) is 2.57. The van der Waals surface area contributed by atoms with Crippen LogP contribution in [0.3, 0.4) is 0 Å². The molecule has 1 aromatic carbocycles. The molecule has 0 saturated heterocycles. The van der Waals surface area contributed by atoms with Crippen molar-refractivity contribution in [3.8, 4) is 11.5 Å². The molecule has 1 aromatic rings. The van der Waals surface area contributed by atoms with Gasteiger partial charge in [0, 0.05) is 26.8 Å². The van der Waals surface area contributed by atoms with Crippen LogP contribution >= 0.6 is 35.6 Å². The van der Waals surface area contributed by atoms with Crippen molar-refractivity contribution in [2.75, 3.05) is 53.7 Å². The van der Waals surface area contributed by atoms with Crippen LogP contribution in [0.25, 0.3) is 0 Å². The van der Waals surface area contributed by atoms with Gasteiger partial charge in [0.05, 0.1) is 38.5 Å². The third-order valence-corrected chi connectivity index (χ3v) is 3.81. The molecular formula is C19H33ClIN3O4. The molecule has 9 heteroatoms. The van der Waals surface area contributed by atoms with Crippen molar-refractivity contribution in [3.05, 3.63) is 22.7 Å². The third-order valence-electron chi connectivity index (χ3n) is 3.53. The van der Waals surface area contributed by atoms with Crippen molar-refractivity contribution in [2.45, 2.75) is 26.8 Å². The molecule has 0 aromatic heterocycles. The molecule has 0 spiro atoms. The molecule has 0 heterocycles. The van der Waals surface area contributed by atoms with Gasteiger partial charge in [-0.3, -0.25) is 0 Å². The minimum Gasteiger partial charge on any atom is -0.493 e. The van der Waals surface area contributed by atoms with Gasteiger partial charge >= 0.3 is 0 Å². The minimum atomic E-state index is 0. The van der Waals surface area contributed by atoms with E-state index >= 15 is 0 Å². The molecule has 0 aliphatic heterocycles. The molecule has 0 aliphatic rings. The largest absolute Gasteiger partial charge is 0.493 e. The van der Waals surface area contributed by atoms with Crippen molar-refractivity contribution in [1.82, 2.24) is 10.6 Å². The second kappa shape index (κ2) is 16.9. The van der Waals surface area contributed by atoms with Crippen LogP contribution in [0.1, 0.15) is 25.8 Å². The normalized spacial score (nSPS) is 11.0. The van der Waals surface area contributed by atoms with E-state index in [-0.39, 0.29) is 24.0 Å². The fourth-order valence-electron chi connectivity index (χ4n) is 2.29. The lowest BCUT2D eigenvalue weighted by Crippen LogP contribution is -2.38. The van der Waals surface area contributed by atoms with Crippen molar-refractivity contribution in [1.29, 1.82) is 0 Å². The lowest BCUT2D eigenvalue weighted by atomic mass is 10.2. The Morgan fingerprint density at radius 1 is 1.11 bits per heavy atom. The van der Waals surface area contributed by atoms with Gasteiger partial charge in [-0.1, -0.05) is 11.6 Å². The number of methoxy groups -OCH3 is 2. The van der Waals surface area contributed by atoms with Crippen molar-refractivity contribution >= 4 is 41.5 Å². The average molecular weight is 530 g/mol. The van der Waals surface area contributed by atoms with E-state index in [1.165, 1.54) is 0 Å². The SMILES string of the molecule is CCNC(=NCc1cc(Cl)c(OCC)c(OC)c1)NCCCOCCOC.I. The molecule has 0 aliphatic carbocycles. The number of halogens is 2. The summed E-state index contributed by atoms with van der Waals surface area (Å²) in [6.07, 6.45) is 0.886. The first-order valence-electron chi connectivity index (χ1n) is 9.24. The Bertz CT molecular complexity index is 576. The number of guanidine groups is 1. The molecule has 2 N–H and O–H groups in total. The zero-order valence-corrected chi connectivity index (χ0v) is 20.3. The van der Waals surface area contributed by atoms with Crippen LogP contribution in [0.15, 0.2) is 17.1 Å². The van der Waals surface area contributed by atoms with E-state index in [2.05, 4.69) is 15.6 Å². The maximum absolute atomic E-state index is 6.32. The highest BCUT2D eigenvalue weighted by molar-refractivity contribution is 14.0. The summed E-state index contributed by atoms with van der Waals surface area (Å²) in [5.74, 6) is 1.92. The van der Waals surface area contributed by atoms with Crippen LogP contribution in [0.2, 0.25) is 5.02 Å². The van der Waals surface area contributed by atoms with Crippen molar-refractivity contribution < 1.29 is 18.9 Å². The first kappa shape index (κ1) is 27.0.